The molecule has 2 rings (SSSR count). The number of rotatable bonds is 5. The summed E-state index contributed by atoms with van der Waals surface area (Å²) in [4.78, 5) is 0. The Balaban J connectivity index is 2.13. The van der Waals surface area contributed by atoms with Crippen LogP contribution in [0.25, 0.3) is 0 Å². The van der Waals surface area contributed by atoms with Gasteiger partial charge in [-0.2, -0.15) is 0 Å². The van der Waals surface area contributed by atoms with Gasteiger partial charge in [0.2, 0.25) is 0 Å². The van der Waals surface area contributed by atoms with Gasteiger partial charge < -0.3 is 0 Å². The van der Waals surface area contributed by atoms with Crippen LogP contribution >= 0.6 is 7.59 Å². The third kappa shape index (κ3) is 3.38. The van der Waals surface area contributed by atoms with Crippen molar-refractivity contribution in [1.82, 2.24) is 0 Å². The molecule has 0 spiro atoms. The molecule has 0 heterocycles. The zero-order valence-electron chi connectivity index (χ0n) is 10.4. The van der Waals surface area contributed by atoms with Crippen LogP contribution in [0, 0.1) is 0 Å². The van der Waals surface area contributed by atoms with Gasteiger partial charge in [0, 0.05) is 0 Å². The molecule has 0 aliphatic carbocycles. The summed E-state index contributed by atoms with van der Waals surface area (Å²) in [5, 5.41) is 0. The van der Waals surface area contributed by atoms with E-state index in [1.54, 1.807) is 5.82 Å². The fourth-order valence-electron chi connectivity index (χ4n) is 1.55. The molecule has 2 aromatic carbocycles. The zero-order chi connectivity index (χ0) is 12.8. The molecule has 0 saturated carbocycles. The van der Waals surface area contributed by atoms with E-state index in [1.165, 1.54) is 0 Å². The van der Waals surface area contributed by atoms with Gasteiger partial charge in [-0.05, 0) is 0 Å². The SMILES string of the molecule is B[PH](C=C)(Oc1ccccc1)Oc1ccccc1. The Morgan fingerprint density at radius 3 is 1.56 bits per heavy atom. The van der Waals surface area contributed by atoms with Crippen LogP contribution < -0.4 is 9.05 Å². The number of para-hydroxylation sites is 2. The fourth-order valence-corrected chi connectivity index (χ4v) is 2.97. The van der Waals surface area contributed by atoms with Gasteiger partial charge in [-0.1, -0.05) is 0 Å². The van der Waals surface area contributed by atoms with Crippen molar-refractivity contribution in [3.8, 4) is 11.5 Å². The predicted octanol–water partition coefficient (Wildman–Crippen LogP) is 3.42. The minimum atomic E-state index is -2.44. The maximum absolute atomic E-state index is 5.95. The molecular formula is C14H16BO2P. The summed E-state index contributed by atoms with van der Waals surface area (Å²) >= 11 is 0. The molecule has 0 aliphatic heterocycles. The molecule has 0 aliphatic rings. The summed E-state index contributed by atoms with van der Waals surface area (Å²) in [6, 6.07) is 19.4. The molecule has 4 heteroatoms. The van der Waals surface area contributed by atoms with E-state index in [0.29, 0.717) is 0 Å². The van der Waals surface area contributed by atoms with Crippen LogP contribution in [-0.2, 0) is 0 Å². The average molecular weight is 258 g/mol. The molecule has 2 aromatic rings. The van der Waals surface area contributed by atoms with E-state index >= 15 is 0 Å². The zero-order valence-corrected chi connectivity index (χ0v) is 11.4. The van der Waals surface area contributed by atoms with Crippen LogP contribution in [0.4, 0.5) is 0 Å². The summed E-state index contributed by atoms with van der Waals surface area (Å²) in [7, 11) is -0.469. The van der Waals surface area contributed by atoms with E-state index in [-0.39, 0.29) is 0 Å². The Morgan fingerprint density at radius 2 is 1.22 bits per heavy atom. The second-order valence-corrected chi connectivity index (χ2v) is 6.90. The monoisotopic (exact) mass is 258 g/mol. The second kappa shape index (κ2) is 5.75. The van der Waals surface area contributed by atoms with Crippen LogP contribution in [-0.4, -0.2) is 7.57 Å². The first kappa shape index (κ1) is 12.7. The first-order chi connectivity index (χ1) is 8.72. The van der Waals surface area contributed by atoms with E-state index in [0.717, 1.165) is 11.5 Å². The molecule has 18 heavy (non-hydrogen) atoms. The molecule has 0 aromatic heterocycles. The molecule has 0 bridgehead atoms. The van der Waals surface area contributed by atoms with Crippen molar-refractivity contribution in [3.05, 3.63) is 73.1 Å². The number of benzene rings is 2. The van der Waals surface area contributed by atoms with Gasteiger partial charge in [0.05, 0.1) is 0 Å². The molecule has 92 valence electrons. The van der Waals surface area contributed by atoms with E-state index in [4.69, 9.17) is 9.05 Å². The Morgan fingerprint density at radius 1 is 0.833 bits per heavy atom. The second-order valence-electron chi connectivity index (χ2n) is 4.05. The molecule has 0 radical (unpaired) electrons. The summed E-state index contributed by atoms with van der Waals surface area (Å²) in [5.74, 6) is 3.40. The van der Waals surface area contributed by atoms with Gasteiger partial charge in [0.1, 0.15) is 0 Å². The maximum atomic E-state index is 5.95. The Bertz CT molecular complexity index is 460. The van der Waals surface area contributed by atoms with Crippen molar-refractivity contribution in [2.24, 2.45) is 0 Å². The fraction of sp³-hybridized carbons (Fsp3) is 0. The van der Waals surface area contributed by atoms with Crippen LogP contribution in [0.15, 0.2) is 73.1 Å². The summed E-state index contributed by atoms with van der Waals surface area (Å²) < 4.78 is 11.9. The molecule has 0 unspecified atom stereocenters. The number of hydrogen-bond donors (Lipinski definition) is 0. The average Bonchev–Trinajstić information content (AvgIpc) is 2.41. The topological polar surface area (TPSA) is 18.5 Å². The van der Waals surface area contributed by atoms with E-state index < -0.39 is 7.59 Å². The van der Waals surface area contributed by atoms with Gasteiger partial charge in [0.25, 0.3) is 0 Å². The molecular weight excluding hydrogens is 242 g/mol. The Hall–Kier alpha value is -1.73. The van der Waals surface area contributed by atoms with Crippen LogP contribution in [0.3, 0.4) is 0 Å². The molecule has 0 saturated heterocycles. The first-order valence-electron chi connectivity index (χ1n) is 5.83. The molecule has 0 amide bonds. The predicted molar refractivity (Wildman–Crippen MR) is 81.2 cm³/mol. The van der Waals surface area contributed by atoms with Crippen LogP contribution in [0.5, 0.6) is 11.5 Å². The van der Waals surface area contributed by atoms with Gasteiger partial charge in [-0.25, -0.2) is 0 Å². The summed E-state index contributed by atoms with van der Waals surface area (Å²) in [6.45, 7) is 3.84. The van der Waals surface area contributed by atoms with Gasteiger partial charge in [0.15, 0.2) is 0 Å². The van der Waals surface area contributed by atoms with E-state index in [9.17, 15) is 0 Å². The normalized spacial score (nSPS) is 11.6. The third-order valence-electron chi connectivity index (χ3n) is 2.50. The number of hydrogen-bond acceptors (Lipinski definition) is 2. The van der Waals surface area contributed by atoms with Crippen molar-refractivity contribution in [1.29, 1.82) is 0 Å². The molecule has 0 fully saturated rings. The van der Waals surface area contributed by atoms with Crippen molar-refractivity contribution < 1.29 is 9.05 Å². The van der Waals surface area contributed by atoms with Crippen molar-refractivity contribution in [2.45, 2.75) is 0 Å². The van der Waals surface area contributed by atoms with Crippen LogP contribution in [0.2, 0.25) is 0 Å². The van der Waals surface area contributed by atoms with Crippen molar-refractivity contribution in [3.63, 3.8) is 0 Å². The minimum absolute atomic E-state index is 0.808. The molecule has 0 N–H and O–H groups in total. The quantitative estimate of drug-likeness (QED) is 0.604. The Kier molecular flexibility index (Phi) is 4.06. The van der Waals surface area contributed by atoms with Gasteiger partial charge >= 0.3 is 109 Å². The Labute approximate surface area is 109 Å². The third-order valence-corrected chi connectivity index (χ3v) is 4.52. The van der Waals surface area contributed by atoms with Gasteiger partial charge in [-0.3, -0.25) is 0 Å². The standard InChI is InChI=1S/C14H16BO2P/c1-2-18(15,16-13-9-5-3-6-10-13)17-14-11-7-4-8-12-14/h2-12,18H,1,15H2. The van der Waals surface area contributed by atoms with E-state index in [1.807, 2.05) is 68.2 Å². The van der Waals surface area contributed by atoms with E-state index in [2.05, 4.69) is 6.58 Å². The summed E-state index contributed by atoms with van der Waals surface area (Å²) in [6.07, 6.45) is 0. The van der Waals surface area contributed by atoms with Gasteiger partial charge in [-0.15, -0.1) is 0 Å². The molecule has 0 atom stereocenters. The van der Waals surface area contributed by atoms with Crippen molar-refractivity contribution >= 4 is 15.2 Å². The van der Waals surface area contributed by atoms with Crippen molar-refractivity contribution in [2.75, 3.05) is 0 Å². The molecule has 2 nitrogen and oxygen atoms in total. The van der Waals surface area contributed by atoms with Crippen LogP contribution in [0.1, 0.15) is 0 Å². The summed E-state index contributed by atoms with van der Waals surface area (Å²) in [5.41, 5.74) is 0. The first-order valence-corrected chi connectivity index (χ1v) is 8.23.